The van der Waals surface area contributed by atoms with Crippen LogP contribution in [0.3, 0.4) is 0 Å². The summed E-state index contributed by atoms with van der Waals surface area (Å²) in [6, 6.07) is 6.23. The Kier molecular flexibility index (Phi) is 9.31. The molecule has 1 saturated heterocycles. The Balaban J connectivity index is 1.50. The van der Waals surface area contributed by atoms with Crippen LogP contribution in [0.15, 0.2) is 40.8 Å². The third-order valence-corrected chi connectivity index (χ3v) is 8.77. The summed E-state index contributed by atoms with van der Waals surface area (Å²) in [5.74, 6) is -0.666. The molecule has 1 atom stereocenters. The molecule has 34 heavy (non-hydrogen) atoms. The van der Waals surface area contributed by atoms with Gasteiger partial charge in [-0.3, -0.25) is 9.59 Å². The van der Waals surface area contributed by atoms with Gasteiger partial charge in [0.25, 0.3) is 0 Å². The van der Waals surface area contributed by atoms with E-state index in [0.29, 0.717) is 32.5 Å². The Labute approximate surface area is 204 Å². The third kappa shape index (κ3) is 6.92. The van der Waals surface area contributed by atoms with Crippen molar-refractivity contribution >= 4 is 21.8 Å². The number of carbonyl (C=O) groups is 2. The molecular weight excluding hydrogens is 450 g/mol. The number of piperidine rings is 1. The number of sulfonamides is 1. The molecular formula is C26H39N3O4S. The van der Waals surface area contributed by atoms with E-state index in [0.717, 1.165) is 24.8 Å². The first-order valence-corrected chi connectivity index (χ1v) is 14.0. The minimum Gasteiger partial charge on any atom is -0.354 e. The van der Waals surface area contributed by atoms with Gasteiger partial charge in [-0.15, -0.1) is 0 Å². The molecule has 1 aliphatic carbocycles. The van der Waals surface area contributed by atoms with Crippen LogP contribution in [-0.4, -0.2) is 50.2 Å². The summed E-state index contributed by atoms with van der Waals surface area (Å²) < 4.78 is 27.3. The molecule has 1 unspecified atom stereocenters. The Morgan fingerprint density at radius 2 is 1.76 bits per heavy atom. The van der Waals surface area contributed by atoms with Gasteiger partial charge in [-0.05, 0) is 69.9 Å². The van der Waals surface area contributed by atoms with Crippen LogP contribution in [0.25, 0.3) is 0 Å². The molecule has 0 spiro atoms. The monoisotopic (exact) mass is 489 g/mol. The maximum Gasteiger partial charge on any atom is 0.243 e. The van der Waals surface area contributed by atoms with E-state index in [1.54, 1.807) is 24.3 Å². The summed E-state index contributed by atoms with van der Waals surface area (Å²) in [6.45, 7) is 6.93. The standard InChI is InChI=1S/C26H39N3O4S/c1-19(2)24(26(31)27-16-13-21-7-5-4-6-8-21)28-25(30)22-14-17-29(18-15-22)34(32,33)23-11-9-20(3)10-12-23/h7,9-12,19,22,24H,4-6,8,13-18H2,1-3H3,(H,27,31)(H,28,30). The first-order valence-electron chi connectivity index (χ1n) is 12.5. The topological polar surface area (TPSA) is 95.6 Å². The highest BCUT2D eigenvalue weighted by atomic mass is 32.2. The van der Waals surface area contributed by atoms with E-state index in [1.807, 2.05) is 20.8 Å². The van der Waals surface area contributed by atoms with Gasteiger partial charge in [0.05, 0.1) is 4.90 Å². The zero-order valence-electron chi connectivity index (χ0n) is 20.7. The largest absolute Gasteiger partial charge is 0.354 e. The van der Waals surface area contributed by atoms with Crippen LogP contribution in [0, 0.1) is 18.8 Å². The first-order chi connectivity index (χ1) is 16.2. The van der Waals surface area contributed by atoms with E-state index in [2.05, 4.69) is 16.7 Å². The molecule has 3 rings (SSSR count). The first kappa shape index (κ1) is 26.4. The normalized spacial score (nSPS) is 18.9. The molecule has 1 aliphatic heterocycles. The lowest BCUT2D eigenvalue weighted by atomic mass is 9.95. The van der Waals surface area contributed by atoms with E-state index in [1.165, 1.54) is 22.7 Å². The summed E-state index contributed by atoms with van der Waals surface area (Å²) in [7, 11) is -3.56. The molecule has 8 heteroatoms. The third-order valence-electron chi connectivity index (χ3n) is 6.86. The average molecular weight is 490 g/mol. The molecule has 1 heterocycles. The predicted molar refractivity (Wildman–Crippen MR) is 134 cm³/mol. The molecule has 1 fully saturated rings. The molecule has 0 bridgehead atoms. The molecule has 2 aliphatic rings. The van der Waals surface area contributed by atoms with Crippen LogP contribution in [-0.2, 0) is 19.6 Å². The SMILES string of the molecule is Cc1ccc(S(=O)(=O)N2CCC(C(=O)NC(C(=O)NCCC3=CCCCC3)C(C)C)CC2)cc1. The van der Waals surface area contributed by atoms with Crippen LogP contribution in [0.1, 0.15) is 64.4 Å². The summed E-state index contributed by atoms with van der Waals surface area (Å²) in [6.07, 6.45) is 8.72. The summed E-state index contributed by atoms with van der Waals surface area (Å²) >= 11 is 0. The second kappa shape index (κ2) is 12.0. The summed E-state index contributed by atoms with van der Waals surface area (Å²) in [5, 5.41) is 5.92. The van der Waals surface area contributed by atoms with Crippen molar-refractivity contribution in [1.82, 2.24) is 14.9 Å². The number of nitrogens with zero attached hydrogens (tertiary/aromatic N) is 1. The highest BCUT2D eigenvalue weighted by Crippen LogP contribution is 2.25. The quantitative estimate of drug-likeness (QED) is 0.519. The second-order valence-electron chi connectivity index (χ2n) is 9.87. The van der Waals surface area contributed by atoms with Gasteiger partial charge in [0.15, 0.2) is 0 Å². The molecule has 188 valence electrons. The van der Waals surface area contributed by atoms with Crippen molar-refractivity contribution in [3.63, 3.8) is 0 Å². The lowest BCUT2D eigenvalue weighted by Gasteiger charge is -2.32. The van der Waals surface area contributed by atoms with Crippen LogP contribution in [0.5, 0.6) is 0 Å². The predicted octanol–water partition coefficient (Wildman–Crippen LogP) is 3.54. The highest BCUT2D eigenvalue weighted by Gasteiger charge is 2.34. The zero-order chi connectivity index (χ0) is 24.7. The van der Waals surface area contributed by atoms with Crippen molar-refractivity contribution in [3.8, 4) is 0 Å². The van der Waals surface area contributed by atoms with Crippen LogP contribution < -0.4 is 10.6 Å². The molecule has 7 nitrogen and oxygen atoms in total. The number of amides is 2. The molecule has 0 aromatic heterocycles. The number of benzene rings is 1. The van der Waals surface area contributed by atoms with Crippen molar-refractivity contribution in [2.45, 2.75) is 76.7 Å². The maximum absolute atomic E-state index is 12.9. The van der Waals surface area contributed by atoms with Crippen molar-refractivity contribution in [2.75, 3.05) is 19.6 Å². The summed E-state index contributed by atoms with van der Waals surface area (Å²) in [4.78, 5) is 26.0. The lowest BCUT2D eigenvalue weighted by molar-refractivity contribution is -0.132. The number of allylic oxidation sites excluding steroid dienone is 1. The minimum atomic E-state index is -3.56. The fraction of sp³-hybridized carbons (Fsp3) is 0.615. The number of aryl methyl sites for hydroxylation is 1. The average Bonchev–Trinajstić information content (AvgIpc) is 2.83. The van der Waals surface area contributed by atoms with Gasteiger partial charge in [0, 0.05) is 25.6 Å². The van der Waals surface area contributed by atoms with E-state index in [9.17, 15) is 18.0 Å². The molecule has 2 N–H and O–H groups in total. The highest BCUT2D eigenvalue weighted by molar-refractivity contribution is 7.89. The molecule has 1 aromatic rings. The molecule has 1 aromatic carbocycles. The maximum atomic E-state index is 12.9. The number of carbonyl (C=O) groups excluding carboxylic acids is 2. The van der Waals surface area contributed by atoms with Crippen LogP contribution in [0.2, 0.25) is 0 Å². The number of rotatable bonds is 9. The van der Waals surface area contributed by atoms with Crippen LogP contribution in [0.4, 0.5) is 0 Å². The van der Waals surface area contributed by atoms with E-state index in [4.69, 9.17) is 0 Å². The van der Waals surface area contributed by atoms with Crippen LogP contribution >= 0.6 is 0 Å². The molecule has 0 radical (unpaired) electrons. The number of hydrogen-bond acceptors (Lipinski definition) is 4. The van der Waals surface area contributed by atoms with E-state index >= 15 is 0 Å². The van der Waals surface area contributed by atoms with Crippen molar-refractivity contribution in [3.05, 3.63) is 41.5 Å². The Morgan fingerprint density at radius 3 is 2.35 bits per heavy atom. The zero-order valence-corrected chi connectivity index (χ0v) is 21.5. The van der Waals surface area contributed by atoms with Gasteiger partial charge in [-0.2, -0.15) is 4.31 Å². The van der Waals surface area contributed by atoms with Gasteiger partial charge in [-0.1, -0.05) is 43.2 Å². The molecule has 2 amide bonds. The second-order valence-corrected chi connectivity index (χ2v) is 11.8. The van der Waals surface area contributed by atoms with Crippen molar-refractivity contribution < 1.29 is 18.0 Å². The van der Waals surface area contributed by atoms with Crippen molar-refractivity contribution in [2.24, 2.45) is 11.8 Å². The number of nitrogens with one attached hydrogen (secondary N) is 2. The van der Waals surface area contributed by atoms with Gasteiger partial charge >= 0.3 is 0 Å². The number of hydrogen-bond donors (Lipinski definition) is 2. The van der Waals surface area contributed by atoms with Gasteiger partial charge in [0.2, 0.25) is 21.8 Å². The molecule has 0 saturated carbocycles. The smallest absolute Gasteiger partial charge is 0.243 e. The van der Waals surface area contributed by atoms with Crippen molar-refractivity contribution in [1.29, 1.82) is 0 Å². The van der Waals surface area contributed by atoms with E-state index < -0.39 is 16.1 Å². The van der Waals surface area contributed by atoms with Gasteiger partial charge in [0.1, 0.15) is 6.04 Å². The Hall–Kier alpha value is -2.19. The summed E-state index contributed by atoms with van der Waals surface area (Å²) in [5.41, 5.74) is 2.41. The van der Waals surface area contributed by atoms with Gasteiger partial charge in [-0.25, -0.2) is 8.42 Å². The van der Waals surface area contributed by atoms with Gasteiger partial charge < -0.3 is 10.6 Å². The fourth-order valence-electron chi connectivity index (χ4n) is 4.61. The Morgan fingerprint density at radius 1 is 1.09 bits per heavy atom. The fourth-order valence-corrected chi connectivity index (χ4v) is 6.08. The Bertz CT molecular complexity index is 978. The lowest BCUT2D eigenvalue weighted by Crippen LogP contribution is -2.52. The minimum absolute atomic E-state index is 0.0418. The van der Waals surface area contributed by atoms with E-state index in [-0.39, 0.29) is 28.5 Å².